The van der Waals surface area contributed by atoms with Crippen molar-refractivity contribution in [3.8, 4) is 0 Å². The summed E-state index contributed by atoms with van der Waals surface area (Å²) in [6.45, 7) is 10.2. The van der Waals surface area contributed by atoms with Crippen LogP contribution in [0.4, 0.5) is 0 Å². The first-order valence-corrected chi connectivity index (χ1v) is 17.3. The quantitative estimate of drug-likeness (QED) is 0.0597. The number of rotatable bonds is 8. The highest BCUT2D eigenvalue weighted by atomic mass is 35.5. The Kier molecular flexibility index (Phi) is 23.5. The number of hydrogen-bond acceptors (Lipinski definition) is 8. The molecule has 0 saturated heterocycles. The maximum atomic E-state index is 12.1. The van der Waals surface area contributed by atoms with Crippen LogP contribution in [0.3, 0.4) is 0 Å². The summed E-state index contributed by atoms with van der Waals surface area (Å²) < 4.78 is 0. The van der Waals surface area contributed by atoms with E-state index in [-0.39, 0.29) is 21.7 Å². The predicted molar refractivity (Wildman–Crippen MR) is 185 cm³/mol. The second-order valence-corrected chi connectivity index (χ2v) is 10.3. The molecule has 0 fully saturated rings. The van der Waals surface area contributed by atoms with Crippen LogP contribution in [0.15, 0.2) is 83.4 Å². The lowest BCUT2D eigenvalue weighted by Gasteiger charge is -2.04. The van der Waals surface area contributed by atoms with Crippen LogP contribution in [0.1, 0.15) is 72.9 Å². The van der Waals surface area contributed by atoms with Crippen molar-refractivity contribution in [3.05, 3.63) is 106 Å². The fourth-order valence-electron chi connectivity index (χ4n) is 3.02. The molecule has 0 radical (unpaired) electrons. The van der Waals surface area contributed by atoms with Crippen LogP contribution in [0.25, 0.3) is 0 Å². The molecule has 0 aliphatic carbocycles. The first kappa shape index (κ1) is 40.5. The van der Waals surface area contributed by atoms with Gasteiger partial charge in [0.25, 0.3) is 5.24 Å². The summed E-state index contributed by atoms with van der Waals surface area (Å²) in [5.41, 5.74) is 2.90. The Morgan fingerprint density at radius 1 is 0.698 bits per heavy atom. The summed E-state index contributed by atoms with van der Waals surface area (Å²) in [5.74, 6) is -0.0705. The number of carbonyl (C=O) groups is 2. The minimum Gasteiger partial charge on any atom is -0.294 e. The Bertz CT molecular complexity index is 1350. The first-order valence-electron chi connectivity index (χ1n) is 13.7. The number of halogens is 3. The molecule has 2 heterocycles. The normalized spacial score (nSPS) is 9.35. The molecule has 6 nitrogen and oxygen atoms in total. The Balaban J connectivity index is 0.000000613. The fraction of sp³-hybridized carbons (Fsp3) is 0.312. The number of benzene rings is 2. The van der Waals surface area contributed by atoms with Crippen LogP contribution in [0, 0.1) is 0 Å². The van der Waals surface area contributed by atoms with E-state index in [4.69, 9.17) is 34.8 Å². The monoisotopic (exact) mass is 680 g/mol. The van der Waals surface area contributed by atoms with Gasteiger partial charge < -0.3 is 0 Å². The van der Waals surface area contributed by atoms with E-state index in [1.165, 1.54) is 54.3 Å². The number of aromatic nitrogens is 4. The van der Waals surface area contributed by atoms with Gasteiger partial charge in [-0.2, -0.15) is 0 Å². The van der Waals surface area contributed by atoms with E-state index >= 15 is 0 Å². The minimum atomic E-state index is -0.646. The van der Waals surface area contributed by atoms with Gasteiger partial charge in [-0.25, -0.2) is 19.9 Å². The van der Waals surface area contributed by atoms with E-state index in [2.05, 4.69) is 57.2 Å². The van der Waals surface area contributed by atoms with E-state index in [1.807, 2.05) is 70.5 Å². The van der Waals surface area contributed by atoms with Crippen molar-refractivity contribution in [2.75, 3.05) is 12.5 Å². The minimum absolute atomic E-state index is 0.0705. The highest BCUT2D eigenvalue weighted by Gasteiger charge is 2.13. The van der Waals surface area contributed by atoms with Gasteiger partial charge in [0.15, 0.2) is 16.1 Å². The standard InChI is InChI=1S/C13H11ClN2OS.C9H12.C6H4Cl2N2OS.2C2H6/c1-18-13-15-8-10(12(14)16-13)11(17)7-9-5-3-2-4-6-9;1-2-6-9-7-4-3-5-8-9;1-12-6-9-2-3(5(8)11)4(7)10-6;2*1-2/h2-6,8H,7H2,1H3;3-5,7-8H,2,6H2,1H3;2H,1H3;2*1-2H3. The molecule has 0 aliphatic rings. The van der Waals surface area contributed by atoms with Crippen LogP contribution < -0.4 is 0 Å². The molecule has 0 aliphatic heterocycles. The molecule has 0 N–H and O–H groups in total. The molecule has 0 unspecified atom stereocenters. The fourth-order valence-corrected chi connectivity index (χ4v) is 4.43. The molecule has 232 valence electrons. The molecular weight excluding hydrogens is 643 g/mol. The Morgan fingerprint density at radius 3 is 1.49 bits per heavy atom. The van der Waals surface area contributed by atoms with Crippen molar-refractivity contribution >= 4 is 69.4 Å². The molecule has 4 aromatic rings. The molecule has 11 heteroatoms. The zero-order chi connectivity index (χ0) is 32.6. The number of ketones is 1. The third-order valence-corrected chi connectivity index (χ3v) is 6.81. The van der Waals surface area contributed by atoms with Crippen molar-refractivity contribution < 1.29 is 9.59 Å². The van der Waals surface area contributed by atoms with Gasteiger partial charge in [0, 0.05) is 18.8 Å². The van der Waals surface area contributed by atoms with Gasteiger partial charge in [0.05, 0.1) is 11.1 Å². The second-order valence-electron chi connectivity index (χ2n) is 7.72. The number of aryl methyl sites for hydroxylation is 1. The van der Waals surface area contributed by atoms with Gasteiger partial charge in [-0.3, -0.25) is 9.59 Å². The van der Waals surface area contributed by atoms with E-state index in [0.29, 0.717) is 22.3 Å². The number of hydrogen-bond donors (Lipinski definition) is 0. The van der Waals surface area contributed by atoms with Gasteiger partial charge in [0.2, 0.25) is 0 Å². The van der Waals surface area contributed by atoms with Crippen LogP contribution in [0.2, 0.25) is 10.3 Å². The molecule has 0 saturated carbocycles. The topological polar surface area (TPSA) is 85.7 Å². The lowest BCUT2D eigenvalue weighted by molar-refractivity contribution is 0.0991. The molecule has 2 aromatic heterocycles. The maximum absolute atomic E-state index is 12.1. The van der Waals surface area contributed by atoms with Crippen molar-refractivity contribution in [1.82, 2.24) is 19.9 Å². The number of carbonyl (C=O) groups excluding carboxylic acids is 2. The maximum Gasteiger partial charge on any atom is 0.257 e. The van der Waals surface area contributed by atoms with E-state index in [0.717, 1.165) is 5.56 Å². The van der Waals surface area contributed by atoms with Crippen LogP contribution in [-0.4, -0.2) is 43.5 Å². The van der Waals surface area contributed by atoms with E-state index in [9.17, 15) is 9.59 Å². The van der Waals surface area contributed by atoms with Gasteiger partial charge in [-0.15, -0.1) is 0 Å². The molecule has 2 aromatic carbocycles. The molecule has 43 heavy (non-hydrogen) atoms. The molecule has 0 atom stereocenters. The Labute approximate surface area is 279 Å². The number of Topliss-reactive ketones (excluding diaryl/α,β-unsaturated/α-hetero) is 1. The van der Waals surface area contributed by atoms with Crippen LogP contribution in [-0.2, 0) is 12.8 Å². The SMILES string of the molecule is CC.CC.CCCc1ccccc1.CSc1ncc(C(=O)Cc2ccccc2)c(Cl)n1.CSc1ncc(C(=O)Cl)c(Cl)n1. The van der Waals surface area contributed by atoms with Gasteiger partial charge in [0.1, 0.15) is 10.3 Å². The predicted octanol–water partition coefficient (Wildman–Crippen LogP) is 10.2. The number of thioether (sulfide) groups is 2. The zero-order valence-electron chi connectivity index (χ0n) is 25.6. The zero-order valence-corrected chi connectivity index (χ0v) is 29.5. The Hall–Kier alpha value is -2.49. The van der Waals surface area contributed by atoms with Crippen molar-refractivity contribution in [1.29, 1.82) is 0 Å². The van der Waals surface area contributed by atoms with Crippen LogP contribution >= 0.6 is 58.3 Å². The van der Waals surface area contributed by atoms with E-state index in [1.54, 1.807) is 0 Å². The summed E-state index contributed by atoms with van der Waals surface area (Å²) in [7, 11) is 0. The summed E-state index contributed by atoms with van der Waals surface area (Å²) in [6.07, 6.45) is 9.24. The van der Waals surface area contributed by atoms with Gasteiger partial charge in [-0.05, 0) is 41.7 Å². The summed E-state index contributed by atoms with van der Waals surface area (Å²) in [4.78, 5) is 38.5. The summed E-state index contributed by atoms with van der Waals surface area (Å²) in [6, 6.07) is 20.1. The summed E-state index contributed by atoms with van der Waals surface area (Å²) >= 11 is 19.5. The van der Waals surface area contributed by atoms with E-state index < -0.39 is 5.24 Å². The molecule has 4 rings (SSSR count). The molecular formula is C32H39Cl3N4O2S2. The third-order valence-electron chi connectivity index (χ3n) is 4.91. The third kappa shape index (κ3) is 16.2. The van der Waals surface area contributed by atoms with Crippen molar-refractivity contribution in [2.24, 2.45) is 0 Å². The Morgan fingerprint density at radius 2 is 1.12 bits per heavy atom. The smallest absolute Gasteiger partial charge is 0.257 e. The molecule has 0 amide bonds. The molecule has 0 bridgehead atoms. The number of nitrogens with zero attached hydrogens (tertiary/aromatic N) is 4. The first-order chi connectivity index (χ1) is 20.8. The lowest BCUT2D eigenvalue weighted by atomic mass is 10.1. The summed E-state index contributed by atoms with van der Waals surface area (Å²) in [5, 5.41) is 0.746. The lowest BCUT2D eigenvalue weighted by Crippen LogP contribution is -2.06. The van der Waals surface area contributed by atoms with Crippen LogP contribution in [0.5, 0.6) is 0 Å². The van der Waals surface area contributed by atoms with Gasteiger partial charge in [-0.1, -0.05) is 148 Å². The highest BCUT2D eigenvalue weighted by Crippen LogP contribution is 2.19. The average Bonchev–Trinajstić information content (AvgIpc) is 3.04. The average molecular weight is 682 g/mol. The van der Waals surface area contributed by atoms with Crippen molar-refractivity contribution in [2.45, 2.75) is 64.2 Å². The molecule has 0 spiro atoms. The van der Waals surface area contributed by atoms with Gasteiger partial charge >= 0.3 is 0 Å². The second kappa shape index (κ2) is 24.9. The largest absolute Gasteiger partial charge is 0.294 e. The highest BCUT2D eigenvalue weighted by molar-refractivity contribution is 7.98. The van der Waals surface area contributed by atoms with Crippen molar-refractivity contribution in [3.63, 3.8) is 0 Å².